The number of aromatic nitrogens is 4. The van der Waals surface area contributed by atoms with Crippen LogP contribution in [0, 0.1) is 0 Å². The van der Waals surface area contributed by atoms with Crippen LogP contribution < -0.4 is 15.4 Å². The van der Waals surface area contributed by atoms with E-state index in [1.807, 2.05) is 72.5 Å². The number of rotatable bonds is 3. The summed E-state index contributed by atoms with van der Waals surface area (Å²) >= 11 is 0. The van der Waals surface area contributed by atoms with Crippen molar-refractivity contribution in [2.45, 2.75) is 32.5 Å². The molecule has 206 valence electrons. The van der Waals surface area contributed by atoms with Gasteiger partial charge in [0.25, 0.3) is 5.91 Å². The van der Waals surface area contributed by atoms with Crippen LogP contribution in [0.1, 0.15) is 41.3 Å². The quantitative estimate of drug-likeness (QED) is 0.411. The molecule has 0 spiro atoms. The summed E-state index contributed by atoms with van der Waals surface area (Å²) in [4.78, 5) is 37.2. The van der Waals surface area contributed by atoms with Crippen molar-refractivity contribution in [1.82, 2.24) is 35.3 Å². The van der Waals surface area contributed by atoms with Crippen molar-refractivity contribution in [1.29, 1.82) is 0 Å². The van der Waals surface area contributed by atoms with Crippen LogP contribution in [0.15, 0.2) is 79.0 Å². The number of hydrogen-bond acceptors (Lipinski definition) is 7. The van der Waals surface area contributed by atoms with Gasteiger partial charge in [0.1, 0.15) is 18.2 Å². The summed E-state index contributed by atoms with van der Waals surface area (Å²) in [5, 5.41) is 10.8. The second kappa shape index (κ2) is 13.0. The van der Waals surface area contributed by atoms with Crippen molar-refractivity contribution < 1.29 is 14.3 Å². The highest BCUT2D eigenvalue weighted by molar-refractivity contribution is 5.94. The van der Waals surface area contributed by atoms with Gasteiger partial charge in [0.15, 0.2) is 5.82 Å². The molecule has 10 nitrogen and oxygen atoms in total. The van der Waals surface area contributed by atoms with Gasteiger partial charge in [-0.25, -0.2) is 9.67 Å². The van der Waals surface area contributed by atoms with Gasteiger partial charge in [0, 0.05) is 37.0 Å². The van der Waals surface area contributed by atoms with Crippen LogP contribution in [-0.2, 0) is 17.9 Å². The minimum absolute atomic E-state index is 0.129. The first-order chi connectivity index (χ1) is 19.5. The van der Waals surface area contributed by atoms with Crippen LogP contribution >= 0.6 is 0 Å². The summed E-state index contributed by atoms with van der Waals surface area (Å²) in [5.41, 5.74) is 2.30. The Balaban J connectivity index is 1.41. The van der Waals surface area contributed by atoms with Gasteiger partial charge < -0.3 is 15.4 Å². The third-order valence-corrected chi connectivity index (χ3v) is 6.58. The van der Waals surface area contributed by atoms with Gasteiger partial charge in [-0.3, -0.25) is 19.5 Å². The number of carbonyl (C=O) groups is 2. The van der Waals surface area contributed by atoms with Crippen molar-refractivity contribution in [3.8, 4) is 17.1 Å². The second-order valence-electron chi connectivity index (χ2n) is 9.69. The van der Waals surface area contributed by atoms with E-state index in [1.165, 1.54) is 0 Å². The standard InChI is InChI=1S/C30H33N7O3/c1-22-29-34-28(23-9-3-2-4-10-23)35-37(29)17-18-40-26-13-7-11-24(19-26)30(39)32-15-8-16-36(21-27(38)33-22)20-25-12-5-6-14-31-25/h2-7,9-14,19,22H,8,15-18,20-21H2,1H3,(H,32,39)(H,33,38)/t22-/m0/s1. The minimum atomic E-state index is -0.379. The molecule has 2 amide bonds. The molecular formula is C30H33N7O3. The Labute approximate surface area is 233 Å². The number of pyridine rings is 1. The molecule has 1 aliphatic rings. The average Bonchev–Trinajstić information content (AvgIpc) is 3.40. The Bertz CT molecular complexity index is 1430. The van der Waals surface area contributed by atoms with Gasteiger partial charge in [-0.2, -0.15) is 5.10 Å². The smallest absolute Gasteiger partial charge is 0.251 e. The monoisotopic (exact) mass is 539 g/mol. The maximum Gasteiger partial charge on any atom is 0.251 e. The number of nitrogens with zero attached hydrogens (tertiary/aromatic N) is 5. The summed E-state index contributed by atoms with van der Waals surface area (Å²) in [5.74, 6) is 1.53. The zero-order valence-corrected chi connectivity index (χ0v) is 22.5. The maximum absolute atomic E-state index is 13.2. The van der Waals surface area contributed by atoms with Crippen LogP contribution in [-0.4, -0.2) is 62.7 Å². The maximum atomic E-state index is 13.2. The van der Waals surface area contributed by atoms with E-state index in [4.69, 9.17) is 14.8 Å². The van der Waals surface area contributed by atoms with E-state index < -0.39 is 0 Å². The molecule has 0 aliphatic carbocycles. The fraction of sp³-hybridized carbons (Fsp3) is 0.300. The first kappa shape index (κ1) is 27.0. The Kier molecular flexibility index (Phi) is 8.77. The third-order valence-electron chi connectivity index (χ3n) is 6.58. The number of hydrogen-bond donors (Lipinski definition) is 2. The van der Waals surface area contributed by atoms with E-state index in [-0.39, 0.29) is 24.4 Å². The van der Waals surface area contributed by atoms with E-state index >= 15 is 0 Å². The molecule has 5 rings (SSSR count). The van der Waals surface area contributed by atoms with E-state index in [0.717, 1.165) is 11.3 Å². The summed E-state index contributed by atoms with van der Waals surface area (Å²) in [7, 11) is 0. The number of amides is 2. The molecule has 4 aromatic rings. The number of fused-ring (bicyclic) bond motifs is 3. The normalized spacial score (nSPS) is 17.5. The van der Waals surface area contributed by atoms with Crippen molar-refractivity contribution in [2.24, 2.45) is 0 Å². The predicted octanol–water partition coefficient (Wildman–Crippen LogP) is 3.23. The van der Waals surface area contributed by atoms with E-state index in [9.17, 15) is 9.59 Å². The molecule has 10 heteroatoms. The van der Waals surface area contributed by atoms with Gasteiger partial charge in [-0.05, 0) is 43.7 Å². The number of ether oxygens (including phenoxy) is 1. The fourth-order valence-corrected chi connectivity index (χ4v) is 4.62. The number of nitrogens with one attached hydrogen (secondary N) is 2. The SMILES string of the molecule is C[C@@H]1NC(=O)CN(Cc2ccccn2)CCCNC(=O)c2cccc(c2)OCCn2nc(-c3ccccc3)nc21. The molecular weight excluding hydrogens is 506 g/mol. The van der Waals surface area contributed by atoms with Crippen molar-refractivity contribution in [3.63, 3.8) is 0 Å². The fourth-order valence-electron chi connectivity index (χ4n) is 4.62. The largest absolute Gasteiger partial charge is 0.492 e. The van der Waals surface area contributed by atoms with Crippen LogP contribution in [0.25, 0.3) is 11.4 Å². The molecule has 0 saturated carbocycles. The van der Waals surface area contributed by atoms with Crippen molar-refractivity contribution in [2.75, 3.05) is 26.2 Å². The zero-order valence-electron chi connectivity index (χ0n) is 22.5. The number of carbonyl (C=O) groups excluding carboxylic acids is 2. The Morgan fingerprint density at radius 2 is 1.80 bits per heavy atom. The topological polar surface area (TPSA) is 114 Å². The molecule has 0 fully saturated rings. The van der Waals surface area contributed by atoms with Crippen LogP contribution in [0.5, 0.6) is 5.75 Å². The summed E-state index contributed by atoms with van der Waals surface area (Å²) < 4.78 is 7.75. The lowest BCUT2D eigenvalue weighted by Gasteiger charge is -2.23. The molecule has 0 radical (unpaired) electrons. The molecule has 0 saturated heterocycles. The van der Waals surface area contributed by atoms with Crippen LogP contribution in [0.3, 0.4) is 0 Å². The molecule has 0 unspecified atom stereocenters. The molecule has 40 heavy (non-hydrogen) atoms. The Morgan fingerprint density at radius 1 is 0.975 bits per heavy atom. The third kappa shape index (κ3) is 7.09. The lowest BCUT2D eigenvalue weighted by molar-refractivity contribution is -0.123. The highest BCUT2D eigenvalue weighted by Gasteiger charge is 2.21. The minimum Gasteiger partial charge on any atom is -0.492 e. The van der Waals surface area contributed by atoms with Crippen molar-refractivity contribution >= 4 is 11.8 Å². The highest BCUT2D eigenvalue weighted by Crippen LogP contribution is 2.20. The molecule has 2 N–H and O–H groups in total. The average molecular weight is 540 g/mol. The first-order valence-electron chi connectivity index (χ1n) is 13.5. The molecule has 2 aromatic heterocycles. The van der Waals surface area contributed by atoms with Crippen molar-refractivity contribution in [3.05, 3.63) is 96.1 Å². The lowest BCUT2D eigenvalue weighted by atomic mass is 10.2. The van der Waals surface area contributed by atoms with Crippen LogP contribution in [0.2, 0.25) is 0 Å². The second-order valence-corrected chi connectivity index (χ2v) is 9.69. The van der Waals surface area contributed by atoms with Gasteiger partial charge >= 0.3 is 0 Å². The summed E-state index contributed by atoms with van der Waals surface area (Å²) in [6.07, 6.45) is 2.42. The zero-order chi connectivity index (χ0) is 27.7. The summed E-state index contributed by atoms with van der Waals surface area (Å²) in [6.45, 7) is 4.42. The van der Waals surface area contributed by atoms with Gasteiger partial charge in [0.05, 0.1) is 24.8 Å². The lowest BCUT2D eigenvalue weighted by Crippen LogP contribution is -2.40. The van der Waals surface area contributed by atoms with E-state index in [1.54, 1.807) is 23.0 Å². The first-order valence-corrected chi connectivity index (χ1v) is 13.5. The van der Waals surface area contributed by atoms with Gasteiger partial charge in [-0.15, -0.1) is 0 Å². The van der Waals surface area contributed by atoms with Crippen LogP contribution in [0.4, 0.5) is 0 Å². The van der Waals surface area contributed by atoms with Gasteiger partial charge in [0.2, 0.25) is 5.91 Å². The predicted molar refractivity (Wildman–Crippen MR) is 150 cm³/mol. The molecule has 1 atom stereocenters. The molecule has 2 bridgehead atoms. The molecule has 1 aliphatic heterocycles. The molecule has 2 aromatic carbocycles. The summed E-state index contributed by atoms with van der Waals surface area (Å²) in [6, 6.07) is 22.2. The Hall–Kier alpha value is -4.57. The number of benzene rings is 2. The Morgan fingerprint density at radius 3 is 2.62 bits per heavy atom. The molecule has 3 heterocycles. The van der Waals surface area contributed by atoms with E-state index in [0.29, 0.717) is 62.2 Å². The van der Waals surface area contributed by atoms with Gasteiger partial charge in [-0.1, -0.05) is 42.5 Å². The van der Waals surface area contributed by atoms with E-state index in [2.05, 4.69) is 15.6 Å². The highest BCUT2D eigenvalue weighted by atomic mass is 16.5.